The fourth-order valence-electron chi connectivity index (χ4n) is 1.70. The van der Waals surface area contributed by atoms with Crippen LogP contribution in [0.4, 0.5) is 18.9 Å². The molecule has 0 aromatic heterocycles. The molecular formula is C13H7Cl3F3NO2S. The van der Waals surface area contributed by atoms with E-state index in [1.165, 1.54) is 6.07 Å². The first-order valence-corrected chi connectivity index (χ1v) is 8.46. The van der Waals surface area contributed by atoms with Crippen LogP contribution in [0.15, 0.2) is 41.3 Å². The van der Waals surface area contributed by atoms with Gasteiger partial charge in [0, 0.05) is 15.7 Å². The van der Waals surface area contributed by atoms with Gasteiger partial charge in [-0.25, -0.2) is 8.42 Å². The molecule has 2 rings (SSSR count). The van der Waals surface area contributed by atoms with Gasteiger partial charge < -0.3 is 0 Å². The Kier molecular flexibility index (Phi) is 5.06. The van der Waals surface area contributed by atoms with Crippen LogP contribution < -0.4 is 4.72 Å². The highest BCUT2D eigenvalue weighted by Gasteiger charge is 2.33. The zero-order valence-electron chi connectivity index (χ0n) is 11.0. The minimum atomic E-state index is -4.71. The molecule has 0 spiro atoms. The highest BCUT2D eigenvalue weighted by atomic mass is 35.5. The third kappa shape index (κ3) is 4.44. The molecule has 0 fully saturated rings. The maximum absolute atomic E-state index is 12.8. The zero-order chi connectivity index (χ0) is 17.4. The Morgan fingerprint density at radius 2 is 1.48 bits per heavy atom. The number of halogens is 6. The van der Waals surface area contributed by atoms with Gasteiger partial charge in [-0.05, 0) is 36.4 Å². The van der Waals surface area contributed by atoms with Gasteiger partial charge in [0.15, 0.2) is 0 Å². The minimum Gasteiger partial charge on any atom is -0.280 e. The Morgan fingerprint density at radius 3 is 2.00 bits per heavy atom. The third-order valence-electron chi connectivity index (χ3n) is 2.67. The SMILES string of the molecule is O=S(=O)(Nc1ccc(Cl)c(C(F)(F)F)c1)c1cc(Cl)cc(Cl)c1. The van der Waals surface area contributed by atoms with Crippen molar-refractivity contribution < 1.29 is 21.6 Å². The highest BCUT2D eigenvalue weighted by Crippen LogP contribution is 2.36. The molecule has 0 saturated heterocycles. The van der Waals surface area contributed by atoms with Crippen LogP contribution in [-0.2, 0) is 16.2 Å². The summed E-state index contributed by atoms with van der Waals surface area (Å²) in [5, 5.41) is -0.388. The summed E-state index contributed by atoms with van der Waals surface area (Å²) < 4.78 is 64.8. The summed E-state index contributed by atoms with van der Waals surface area (Å²) in [4.78, 5) is -0.279. The number of rotatable bonds is 3. The van der Waals surface area contributed by atoms with Crippen LogP contribution in [0.2, 0.25) is 15.1 Å². The van der Waals surface area contributed by atoms with Gasteiger partial charge >= 0.3 is 6.18 Å². The summed E-state index contributed by atoms with van der Waals surface area (Å²) in [6.45, 7) is 0. The Bertz CT molecular complexity index is 834. The Hall–Kier alpha value is -1.15. The maximum Gasteiger partial charge on any atom is 0.417 e. The van der Waals surface area contributed by atoms with E-state index in [0.29, 0.717) is 6.07 Å². The van der Waals surface area contributed by atoms with Gasteiger partial charge in [-0.2, -0.15) is 13.2 Å². The van der Waals surface area contributed by atoms with Crippen LogP contribution in [0, 0.1) is 0 Å². The number of benzene rings is 2. The van der Waals surface area contributed by atoms with Crippen molar-refractivity contribution >= 4 is 50.5 Å². The average Bonchev–Trinajstić information content (AvgIpc) is 2.38. The van der Waals surface area contributed by atoms with Crippen molar-refractivity contribution in [3.63, 3.8) is 0 Å². The number of sulfonamides is 1. The molecule has 10 heteroatoms. The molecule has 0 unspecified atom stereocenters. The number of hydrogen-bond donors (Lipinski definition) is 1. The summed E-state index contributed by atoms with van der Waals surface area (Å²) in [7, 11) is -4.16. The second-order valence-electron chi connectivity index (χ2n) is 4.40. The van der Waals surface area contributed by atoms with Crippen LogP contribution in [0.1, 0.15) is 5.56 Å². The van der Waals surface area contributed by atoms with E-state index in [4.69, 9.17) is 34.8 Å². The van der Waals surface area contributed by atoms with Crippen molar-refractivity contribution in [1.82, 2.24) is 0 Å². The van der Waals surface area contributed by atoms with Gasteiger partial charge in [0.1, 0.15) is 0 Å². The lowest BCUT2D eigenvalue weighted by Gasteiger charge is -2.13. The highest BCUT2D eigenvalue weighted by molar-refractivity contribution is 7.92. The zero-order valence-corrected chi connectivity index (χ0v) is 14.0. The van der Waals surface area contributed by atoms with Crippen LogP contribution in [-0.4, -0.2) is 8.42 Å². The van der Waals surface area contributed by atoms with E-state index in [1.54, 1.807) is 0 Å². The molecule has 0 heterocycles. The molecule has 0 bridgehead atoms. The van der Waals surface area contributed by atoms with E-state index in [1.807, 2.05) is 4.72 Å². The van der Waals surface area contributed by atoms with Gasteiger partial charge in [-0.15, -0.1) is 0 Å². The summed E-state index contributed by atoms with van der Waals surface area (Å²) in [6.07, 6.45) is -4.71. The smallest absolute Gasteiger partial charge is 0.280 e. The maximum atomic E-state index is 12.8. The summed E-state index contributed by atoms with van der Waals surface area (Å²) in [6, 6.07) is 6.24. The Balaban J connectivity index is 2.42. The second-order valence-corrected chi connectivity index (χ2v) is 7.37. The van der Waals surface area contributed by atoms with Crippen molar-refractivity contribution in [2.45, 2.75) is 11.1 Å². The van der Waals surface area contributed by atoms with Gasteiger partial charge in [0.05, 0.1) is 15.5 Å². The lowest BCUT2D eigenvalue weighted by Crippen LogP contribution is -2.14. The first-order valence-electron chi connectivity index (χ1n) is 5.85. The molecule has 0 aliphatic rings. The van der Waals surface area contributed by atoms with Crippen LogP contribution in [0.25, 0.3) is 0 Å². The number of alkyl halides is 3. The molecule has 124 valence electrons. The molecule has 1 N–H and O–H groups in total. The van der Waals surface area contributed by atoms with Gasteiger partial charge in [-0.1, -0.05) is 34.8 Å². The predicted molar refractivity (Wildman–Crippen MR) is 83.7 cm³/mol. The quantitative estimate of drug-likeness (QED) is 0.738. The van der Waals surface area contributed by atoms with E-state index in [-0.39, 0.29) is 20.6 Å². The summed E-state index contributed by atoms with van der Waals surface area (Å²) in [5.41, 5.74) is -1.44. The predicted octanol–water partition coefficient (Wildman–Crippen LogP) is 5.47. The molecule has 0 atom stereocenters. The van der Waals surface area contributed by atoms with E-state index < -0.39 is 26.8 Å². The molecule has 3 nitrogen and oxygen atoms in total. The van der Waals surface area contributed by atoms with Gasteiger partial charge in [0.2, 0.25) is 0 Å². The van der Waals surface area contributed by atoms with Crippen molar-refractivity contribution in [3.05, 3.63) is 57.0 Å². The van der Waals surface area contributed by atoms with E-state index >= 15 is 0 Å². The molecule has 23 heavy (non-hydrogen) atoms. The monoisotopic (exact) mass is 403 g/mol. The van der Waals surface area contributed by atoms with E-state index in [2.05, 4.69) is 0 Å². The summed E-state index contributed by atoms with van der Waals surface area (Å²) >= 11 is 16.9. The lowest BCUT2D eigenvalue weighted by molar-refractivity contribution is -0.137. The molecule has 0 radical (unpaired) electrons. The fraction of sp³-hybridized carbons (Fsp3) is 0.0769. The minimum absolute atomic E-state index is 0.0740. The Labute approximate surface area is 145 Å². The topological polar surface area (TPSA) is 46.2 Å². The van der Waals surface area contributed by atoms with Crippen molar-refractivity contribution in [2.24, 2.45) is 0 Å². The lowest BCUT2D eigenvalue weighted by atomic mass is 10.2. The van der Waals surface area contributed by atoms with Gasteiger partial charge in [0.25, 0.3) is 10.0 Å². The van der Waals surface area contributed by atoms with Crippen LogP contribution in [0.5, 0.6) is 0 Å². The fourth-order valence-corrected chi connectivity index (χ4v) is 3.70. The van der Waals surface area contributed by atoms with Crippen molar-refractivity contribution in [2.75, 3.05) is 4.72 Å². The molecule has 2 aromatic rings. The number of hydrogen-bond acceptors (Lipinski definition) is 2. The first kappa shape index (κ1) is 18.2. The second kappa shape index (κ2) is 6.39. The normalized spacial score (nSPS) is 12.3. The molecule has 0 amide bonds. The van der Waals surface area contributed by atoms with Crippen LogP contribution >= 0.6 is 34.8 Å². The van der Waals surface area contributed by atoms with Gasteiger partial charge in [-0.3, -0.25) is 4.72 Å². The molecular weight excluding hydrogens is 398 g/mol. The number of nitrogens with one attached hydrogen (secondary N) is 1. The number of anilines is 1. The third-order valence-corrected chi connectivity index (χ3v) is 4.80. The summed E-state index contributed by atoms with van der Waals surface area (Å²) in [5.74, 6) is 0. The standard InChI is InChI=1S/C13H7Cl3F3NO2S/c14-7-3-8(15)5-10(4-7)23(21,22)20-9-1-2-12(16)11(6-9)13(17,18)19/h1-6,20H. The van der Waals surface area contributed by atoms with E-state index in [0.717, 1.165) is 24.3 Å². The van der Waals surface area contributed by atoms with Crippen LogP contribution in [0.3, 0.4) is 0 Å². The molecule has 0 saturated carbocycles. The first-order chi connectivity index (χ1) is 10.5. The molecule has 0 aliphatic heterocycles. The Morgan fingerprint density at radius 1 is 0.913 bits per heavy atom. The van der Waals surface area contributed by atoms with Crippen molar-refractivity contribution in [1.29, 1.82) is 0 Å². The average molecular weight is 405 g/mol. The molecule has 2 aromatic carbocycles. The largest absolute Gasteiger partial charge is 0.417 e. The van der Waals surface area contributed by atoms with E-state index in [9.17, 15) is 21.6 Å². The van der Waals surface area contributed by atoms with Crippen molar-refractivity contribution in [3.8, 4) is 0 Å². The molecule has 0 aliphatic carbocycles.